The number of nitrogens with zero attached hydrogens (tertiary/aromatic N) is 2. The summed E-state index contributed by atoms with van der Waals surface area (Å²) in [7, 11) is 4.87. The molecule has 1 atom stereocenters. The number of aromatic nitrogens is 2. The van der Waals surface area contributed by atoms with Crippen molar-refractivity contribution in [3.63, 3.8) is 0 Å². The number of amides is 1. The largest absolute Gasteiger partial charge is 0.497 e. The van der Waals surface area contributed by atoms with Crippen molar-refractivity contribution >= 4 is 5.91 Å². The number of carbonyl (C=O) groups is 1. The van der Waals surface area contributed by atoms with Gasteiger partial charge in [-0.15, -0.1) is 0 Å². The average Bonchev–Trinajstić information content (AvgIpc) is 3.33. The Kier molecular flexibility index (Phi) is 5.35. The molecular formula is C23H25N3O4. The molecule has 1 aliphatic rings. The molecule has 2 aromatic carbocycles. The number of fused-ring (bicyclic) bond motifs is 1. The van der Waals surface area contributed by atoms with Crippen molar-refractivity contribution in [2.24, 2.45) is 0 Å². The lowest BCUT2D eigenvalue weighted by molar-refractivity contribution is 0.0742. The normalized spacial score (nSPS) is 15.3. The lowest BCUT2D eigenvalue weighted by Crippen LogP contribution is -2.30. The van der Waals surface area contributed by atoms with Crippen molar-refractivity contribution in [2.75, 3.05) is 27.9 Å². The maximum Gasteiger partial charge on any atom is 0.273 e. The van der Waals surface area contributed by atoms with Crippen LogP contribution in [0.4, 0.5) is 0 Å². The van der Waals surface area contributed by atoms with Gasteiger partial charge in [0, 0.05) is 29.3 Å². The number of nitrogens with one attached hydrogen (secondary N) is 1. The van der Waals surface area contributed by atoms with E-state index in [9.17, 15) is 4.79 Å². The number of carbonyl (C=O) groups excluding carboxylic acids is 1. The summed E-state index contributed by atoms with van der Waals surface area (Å²) < 4.78 is 16.4. The second-order valence-corrected chi connectivity index (χ2v) is 7.10. The van der Waals surface area contributed by atoms with Gasteiger partial charge in [0.1, 0.15) is 22.9 Å². The molecule has 1 N–H and O–H groups in total. The molecular weight excluding hydrogens is 382 g/mol. The third-order valence-corrected chi connectivity index (χ3v) is 5.41. The summed E-state index contributed by atoms with van der Waals surface area (Å²) in [5, 5.41) is 7.47. The first-order valence-electron chi connectivity index (χ1n) is 9.88. The van der Waals surface area contributed by atoms with Crippen molar-refractivity contribution in [3.05, 3.63) is 59.3 Å². The van der Waals surface area contributed by atoms with Gasteiger partial charge in [-0.1, -0.05) is 19.1 Å². The van der Waals surface area contributed by atoms with Crippen molar-refractivity contribution in [1.29, 1.82) is 0 Å². The van der Waals surface area contributed by atoms with E-state index in [2.05, 4.69) is 17.1 Å². The van der Waals surface area contributed by atoms with Gasteiger partial charge < -0.3 is 19.1 Å². The van der Waals surface area contributed by atoms with Gasteiger partial charge in [-0.2, -0.15) is 5.10 Å². The van der Waals surface area contributed by atoms with Crippen LogP contribution in [0.1, 0.15) is 41.0 Å². The van der Waals surface area contributed by atoms with E-state index >= 15 is 0 Å². The Balaban J connectivity index is 1.91. The molecule has 30 heavy (non-hydrogen) atoms. The summed E-state index contributed by atoms with van der Waals surface area (Å²) in [5.41, 5.74) is 3.88. The minimum absolute atomic E-state index is 0.0589. The summed E-state index contributed by atoms with van der Waals surface area (Å²) >= 11 is 0. The zero-order valence-electron chi connectivity index (χ0n) is 17.6. The summed E-state index contributed by atoms with van der Waals surface area (Å²) in [6.45, 7) is 2.68. The highest BCUT2D eigenvalue weighted by Gasteiger charge is 2.43. The predicted molar refractivity (Wildman–Crippen MR) is 113 cm³/mol. The van der Waals surface area contributed by atoms with Crippen LogP contribution in [0.5, 0.6) is 17.2 Å². The molecule has 0 bridgehead atoms. The van der Waals surface area contributed by atoms with E-state index in [0.717, 1.165) is 34.6 Å². The SMILES string of the molecule is CCCN1C(=O)c2[nH]nc(-c3cccc(OC)c3)c2[C@@H]1c1ccc(OC)cc1OC. The van der Waals surface area contributed by atoms with Gasteiger partial charge >= 0.3 is 0 Å². The first kappa shape index (κ1) is 19.8. The highest BCUT2D eigenvalue weighted by atomic mass is 16.5. The number of benzene rings is 2. The minimum atomic E-state index is -0.312. The van der Waals surface area contributed by atoms with E-state index in [0.29, 0.717) is 23.7 Å². The molecule has 0 aliphatic carbocycles. The zero-order chi connectivity index (χ0) is 21.3. The Labute approximate surface area is 175 Å². The molecule has 1 aliphatic heterocycles. The molecule has 0 spiro atoms. The summed E-state index contributed by atoms with van der Waals surface area (Å²) in [4.78, 5) is 15.1. The van der Waals surface area contributed by atoms with Crippen LogP contribution in [0.15, 0.2) is 42.5 Å². The molecule has 7 heteroatoms. The first-order valence-corrected chi connectivity index (χ1v) is 9.88. The number of aromatic amines is 1. The van der Waals surface area contributed by atoms with Gasteiger partial charge in [0.2, 0.25) is 0 Å². The van der Waals surface area contributed by atoms with E-state index in [1.807, 2.05) is 47.4 Å². The van der Waals surface area contributed by atoms with E-state index < -0.39 is 0 Å². The predicted octanol–water partition coefficient (Wildman–Crippen LogP) is 4.06. The fourth-order valence-electron chi connectivity index (χ4n) is 4.03. The number of rotatable bonds is 7. The van der Waals surface area contributed by atoms with Crippen LogP contribution in [0.3, 0.4) is 0 Å². The zero-order valence-corrected chi connectivity index (χ0v) is 17.6. The highest BCUT2D eigenvalue weighted by molar-refractivity contribution is 6.00. The van der Waals surface area contributed by atoms with Crippen LogP contribution in [0, 0.1) is 0 Å². The Hall–Kier alpha value is -3.48. The van der Waals surface area contributed by atoms with Gasteiger partial charge in [0.05, 0.1) is 33.1 Å². The third-order valence-electron chi connectivity index (χ3n) is 5.41. The van der Waals surface area contributed by atoms with Crippen molar-refractivity contribution < 1.29 is 19.0 Å². The molecule has 4 rings (SSSR count). The molecule has 1 aromatic heterocycles. The molecule has 0 fully saturated rings. The second-order valence-electron chi connectivity index (χ2n) is 7.10. The van der Waals surface area contributed by atoms with Crippen LogP contribution in [-0.2, 0) is 0 Å². The van der Waals surface area contributed by atoms with Gasteiger partial charge in [0.15, 0.2) is 0 Å². The Morgan fingerprint density at radius 3 is 2.50 bits per heavy atom. The van der Waals surface area contributed by atoms with Gasteiger partial charge in [-0.05, 0) is 30.7 Å². The lowest BCUT2D eigenvalue weighted by atomic mass is 9.95. The number of hydrogen-bond acceptors (Lipinski definition) is 5. The average molecular weight is 407 g/mol. The molecule has 0 saturated heterocycles. The van der Waals surface area contributed by atoms with Crippen LogP contribution < -0.4 is 14.2 Å². The van der Waals surface area contributed by atoms with Gasteiger partial charge in [-0.3, -0.25) is 9.89 Å². The van der Waals surface area contributed by atoms with Crippen molar-refractivity contribution in [1.82, 2.24) is 15.1 Å². The van der Waals surface area contributed by atoms with Crippen LogP contribution >= 0.6 is 0 Å². The number of H-pyrrole nitrogens is 1. The fraction of sp³-hybridized carbons (Fsp3) is 0.304. The van der Waals surface area contributed by atoms with Gasteiger partial charge in [0.25, 0.3) is 5.91 Å². The molecule has 0 unspecified atom stereocenters. The molecule has 0 radical (unpaired) electrons. The summed E-state index contributed by atoms with van der Waals surface area (Å²) in [5.74, 6) is 2.04. The maximum atomic E-state index is 13.2. The molecule has 7 nitrogen and oxygen atoms in total. The Morgan fingerprint density at radius 2 is 1.80 bits per heavy atom. The van der Waals surface area contributed by atoms with E-state index in [4.69, 9.17) is 14.2 Å². The smallest absolute Gasteiger partial charge is 0.273 e. The van der Waals surface area contributed by atoms with Crippen molar-refractivity contribution in [3.8, 4) is 28.5 Å². The van der Waals surface area contributed by atoms with Crippen LogP contribution in [-0.4, -0.2) is 48.9 Å². The minimum Gasteiger partial charge on any atom is -0.497 e. The van der Waals surface area contributed by atoms with Crippen LogP contribution in [0.25, 0.3) is 11.3 Å². The fourth-order valence-corrected chi connectivity index (χ4v) is 4.03. The summed E-state index contributed by atoms with van der Waals surface area (Å²) in [6.07, 6.45) is 0.840. The van der Waals surface area contributed by atoms with E-state index in [1.54, 1.807) is 21.3 Å². The third kappa shape index (κ3) is 3.16. The molecule has 3 aromatic rings. The molecule has 0 saturated carbocycles. The first-order chi connectivity index (χ1) is 14.6. The van der Waals surface area contributed by atoms with E-state index in [-0.39, 0.29) is 11.9 Å². The van der Waals surface area contributed by atoms with E-state index in [1.165, 1.54) is 0 Å². The Morgan fingerprint density at radius 1 is 1.03 bits per heavy atom. The monoisotopic (exact) mass is 407 g/mol. The standard InChI is InChI=1S/C23H25N3O4/c1-5-11-26-22(17-10-9-16(29-3)13-18(17)30-4)19-20(24-25-21(19)23(26)27)14-7-6-8-15(12-14)28-2/h6-10,12-13,22H,5,11H2,1-4H3,(H,24,25)/t22-/m0/s1. The Bertz CT molecular complexity index is 1080. The molecule has 2 heterocycles. The highest BCUT2D eigenvalue weighted by Crippen LogP contribution is 2.46. The molecule has 156 valence electrons. The van der Waals surface area contributed by atoms with Crippen LogP contribution in [0.2, 0.25) is 0 Å². The second kappa shape index (κ2) is 8.10. The van der Waals surface area contributed by atoms with Gasteiger partial charge in [-0.25, -0.2) is 0 Å². The quantitative estimate of drug-likeness (QED) is 0.639. The van der Waals surface area contributed by atoms with Crippen molar-refractivity contribution in [2.45, 2.75) is 19.4 Å². The number of hydrogen-bond donors (Lipinski definition) is 1. The summed E-state index contributed by atoms with van der Waals surface area (Å²) in [6, 6.07) is 13.1. The maximum absolute atomic E-state index is 13.2. The molecule has 1 amide bonds. The topological polar surface area (TPSA) is 76.7 Å². The number of ether oxygens (including phenoxy) is 3. The lowest BCUT2D eigenvalue weighted by Gasteiger charge is -2.27. The number of methoxy groups -OCH3 is 3.